The summed E-state index contributed by atoms with van der Waals surface area (Å²) < 4.78 is 19.1. The van der Waals surface area contributed by atoms with E-state index in [-0.39, 0.29) is 35.4 Å². The highest BCUT2D eigenvalue weighted by Crippen LogP contribution is 2.61. The zero-order valence-corrected chi connectivity index (χ0v) is 17.6. The van der Waals surface area contributed by atoms with E-state index in [0.717, 1.165) is 25.7 Å². The number of ether oxygens (including phenoxy) is 1. The Morgan fingerprint density at radius 2 is 1.61 bits per heavy atom. The monoisotopic (exact) mass is 428 g/mol. The number of primary amides is 1. The topological polar surface area (TPSA) is 89.7 Å². The maximum Gasteiger partial charge on any atom is 0.309 e. The molecule has 4 aliphatic carbocycles. The van der Waals surface area contributed by atoms with Crippen molar-refractivity contribution in [2.75, 3.05) is 13.1 Å². The number of nitrogens with zero attached hydrogens (tertiary/aromatic N) is 1. The number of carbonyl (C=O) groups is 3. The molecule has 1 aromatic carbocycles. The van der Waals surface area contributed by atoms with Gasteiger partial charge in [-0.25, -0.2) is 4.39 Å². The van der Waals surface area contributed by atoms with Crippen LogP contribution in [0.15, 0.2) is 24.3 Å². The van der Waals surface area contributed by atoms with Crippen LogP contribution in [0.1, 0.15) is 55.3 Å². The molecule has 6 rings (SSSR count). The first-order valence-electron chi connectivity index (χ1n) is 11.4. The zero-order chi connectivity index (χ0) is 21.8. The van der Waals surface area contributed by atoms with Gasteiger partial charge in [-0.1, -0.05) is 0 Å². The summed E-state index contributed by atoms with van der Waals surface area (Å²) in [6.07, 6.45) is 5.37. The second-order valence-corrected chi connectivity index (χ2v) is 10.1. The second kappa shape index (κ2) is 7.61. The quantitative estimate of drug-likeness (QED) is 0.747. The third-order valence-electron chi connectivity index (χ3n) is 8.16. The fourth-order valence-corrected chi connectivity index (χ4v) is 6.86. The summed E-state index contributed by atoms with van der Waals surface area (Å²) in [5.41, 5.74) is 5.61. The van der Waals surface area contributed by atoms with Crippen LogP contribution >= 0.6 is 0 Å². The summed E-state index contributed by atoms with van der Waals surface area (Å²) in [6, 6.07) is 5.51. The predicted octanol–water partition coefficient (Wildman–Crippen LogP) is 2.90. The molecule has 1 aromatic rings. The van der Waals surface area contributed by atoms with E-state index >= 15 is 0 Å². The first-order valence-corrected chi connectivity index (χ1v) is 11.4. The standard InChI is InChI=1S/C24H29FN2O4/c25-19-3-1-16(2-4-19)21(28)27-7-5-17(6-8-27)22(29)31-20-18-10-14-9-15(11-18)13-24(20,12-14)23(26)30/h1-4,14-15,17-18,20H,5-13H2,(H2,26,30). The lowest BCUT2D eigenvalue weighted by Gasteiger charge is -2.58. The number of hydrogen-bond acceptors (Lipinski definition) is 4. The predicted molar refractivity (Wildman–Crippen MR) is 110 cm³/mol. The fourth-order valence-electron chi connectivity index (χ4n) is 6.86. The molecule has 0 spiro atoms. The highest BCUT2D eigenvalue weighted by molar-refractivity contribution is 5.94. The third-order valence-corrected chi connectivity index (χ3v) is 8.16. The van der Waals surface area contributed by atoms with Gasteiger partial charge in [-0.2, -0.15) is 0 Å². The van der Waals surface area contributed by atoms with E-state index in [1.54, 1.807) is 4.90 Å². The number of benzene rings is 1. The minimum atomic E-state index is -0.691. The van der Waals surface area contributed by atoms with Crippen molar-refractivity contribution in [3.05, 3.63) is 35.6 Å². The Balaban J connectivity index is 1.21. The van der Waals surface area contributed by atoms with Crippen LogP contribution in [0.4, 0.5) is 4.39 Å². The molecule has 3 atom stereocenters. The van der Waals surface area contributed by atoms with E-state index in [4.69, 9.17) is 10.5 Å². The van der Waals surface area contributed by atoms with Crippen molar-refractivity contribution < 1.29 is 23.5 Å². The molecule has 1 heterocycles. The Morgan fingerprint density at radius 1 is 1.00 bits per heavy atom. The van der Waals surface area contributed by atoms with Crippen molar-refractivity contribution in [2.45, 2.75) is 51.0 Å². The van der Waals surface area contributed by atoms with Crippen LogP contribution in [-0.2, 0) is 14.3 Å². The summed E-state index contributed by atoms with van der Waals surface area (Å²) in [5.74, 6) is -0.0864. The molecule has 1 aliphatic heterocycles. The zero-order valence-electron chi connectivity index (χ0n) is 17.6. The number of nitrogens with two attached hydrogens (primary N) is 1. The van der Waals surface area contributed by atoms with Crippen LogP contribution in [-0.4, -0.2) is 41.9 Å². The van der Waals surface area contributed by atoms with Crippen molar-refractivity contribution >= 4 is 17.8 Å². The molecule has 166 valence electrons. The molecule has 5 fully saturated rings. The minimum absolute atomic E-state index is 0.152. The Kier molecular flexibility index (Phi) is 5.02. The van der Waals surface area contributed by atoms with Crippen LogP contribution in [0.5, 0.6) is 0 Å². The first kappa shape index (κ1) is 20.5. The van der Waals surface area contributed by atoms with Gasteiger partial charge in [0, 0.05) is 18.7 Å². The number of rotatable bonds is 4. The van der Waals surface area contributed by atoms with Gasteiger partial charge in [-0.3, -0.25) is 14.4 Å². The van der Waals surface area contributed by atoms with Crippen LogP contribution < -0.4 is 5.73 Å². The fraction of sp³-hybridized carbons (Fsp3) is 0.625. The van der Waals surface area contributed by atoms with Crippen molar-refractivity contribution in [1.29, 1.82) is 0 Å². The van der Waals surface area contributed by atoms with Gasteiger partial charge in [-0.05, 0) is 87.0 Å². The average molecular weight is 429 g/mol. The third kappa shape index (κ3) is 3.52. The molecule has 0 aromatic heterocycles. The summed E-state index contributed by atoms with van der Waals surface area (Å²) in [6.45, 7) is 0.907. The van der Waals surface area contributed by atoms with Crippen LogP contribution in [0.2, 0.25) is 0 Å². The molecular formula is C24H29FN2O4. The molecule has 2 N–H and O–H groups in total. The maximum absolute atomic E-state index is 13.1. The Hall–Kier alpha value is -2.44. The van der Waals surface area contributed by atoms with Gasteiger partial charge in [0.05, 0.1) is 11.3 Å². The van der Waals surface area contributed by atoms with E-state index in [0.29, 0.717) is 43.3 Å². The lowest BCUT2D eigenvalue weighted by Crippen LogP contribution is -2.62. The molecule has 3 unspecified atom stereocenters. The van der Waals surface area contributed by atoms with Gasteiger partial charge in [-0.15, -0.1) is 0 Å². The Morgan fingerprint density at radius 3 is 2.19 bits per heavy atom. The molecule has 31 heavy (non-hydrogen) atoms. The summed E-state index contributed by atoms with van der Waals surface area (Å²) in [5, 5.41) is 0. The Bertz CT molecular complexity index is 879. The molecule has 5 aliphatic rings. The van der Waals surface area contributed by atoms with Gasteiger partial charge >= 0.3 is 5.97 Å². The smallest absolute Gasteiger partial charge is 0.309 e. The van der Waals surface area contributed by atoms with E-state index in [9.17, 15) is 18.8 Å². The van der Waals surface area contributed by atoms with Gasteiger partial charge in [0.15, 0.2) is 0 Å². The van der Waals surface area contributed by atoms with E-state index in [2.05, 4.69) is 0 Å². The molecular weight excluding hydrogens is 399 g/mol. The molecule has 0 radical (unpaired) electrons. The summed E-state index contributed by atoms with van der Waals surface area (Å²) in [7, 11) is 0. The van der Waals surface area contributed by atoms with Crippen molar-refractivity contribution in [2.24, 2.45) is 34.8 Å². The molecule has 6 nitrogen and oxygen atoms in total. The number of esters is 1. The molecule has 4 bridgehead atoms. The number of hydrogen-bond donors (Lipinski definition) is 1. The van der Waals surface area contributed by atoms with Gasteiger partial charge in [0.25, 0.3) is 5.91 Å². The molecule has 7 heteroatoms. The largest absolute Gasteiger partial charge is 0.461 e. The Labute approximate surface area is 181 Å². The van der Waals surface area contributed by atoms with Crippen LogP contribution in [0.25, 0.3) is 0 Å². The van der Waals surface area contributed by atoms with Crippen molar-refractivity contribution in [3.63, 3.8) is 0 Å². The molecule has 1 saturated heterocycles. The SMILES string of the molecule is NC(=O)C12CC3CC(CC(C3)C1OC(=O)C1CCN(C(=O)c3ccc(F)cc3)CC1)C2. The van der Waals surface area contributed by atoms with E-state index in [1.165, 1.54) is 30.7 Å². The number of amides is 2. The average Bonchev–Trinajstić information content (AvgIpc) is 2.75. The van der Waals surface area contributed by atoms with Crippen LogP contribution in [0, 0.1) is 34.9 Å². The minimum Gasteiger partial charge on any atom is -0.461 e. The number of carbonyl (C=O) groups excluding carboxylic acids is 3. The van der Waals surface area contributed by atoms with Crippen molar-refractivity contribution in [3.8, 4) is 0 Å². The molecule has 2 amide bonds. The van der Waals surface area contributed by atoms with Crippen LogP contribution in [0.3, 0.4) is 0 Å². The normalized spacial score (nSPS) is 34.5. The summed E-state index contributed by atoms with van der Waals surface area (Å²) in [4.78, 5) is 39.8. The summed E-state index contributed by atoms with van der Waals surface area (Å²) >= 11 is 0. The van der Waals surface area contributed by atoms with Crippen molar-refractivity contribution in [1.82, 2.24) is 4.90 Å². The first-order chi connectivity index (χ1) is 14.9. The van der Waals surface area contributed by atoms with Gasteiger partial charge in [0.2, 0.25) is 5.91 Å². The highest BCUT2D eigenvalue weighted by Gasteiger charge is 2.62. The van der Waals surface area contributed by atoms with Gasteiger partial charge < -0.3 is 15.4 Å². The molecule has 4 saturated carbocycles. The second-order valence-electron chi connectivity index (χ2n) is 10.1. The van der Waals surface area contributed by atoms with E-state index in [1.807, 2.05) is 0 Å². The number of likely N-dealkylation sites (tertiary alicyclic amines) is 1. The number of halogens is 1. The highest BCUT2D eigenvalue weighted by atomic mass is 19.1. The number of piperidine rings is 1. The lowest BCUT2D eigenvalue weighted by atomic mass is 9.48. The maximum atomic E-state index is 13.1. The van der Waals surface area contributed by atoms with Gasteiger partial charge in [0.1, 0.15) is 11.9 Å². The lowest BCUT2D eigenvalue weighted by molar-refractivity contribution is -0.199. The van der Waals surface area contributed by atoms with E-state index < -0.39 is 11.5 Å².